The summed E-state index contributed by atoms with van der Waals surface area (Å²) in [5.41, 5.74) is 3.40. The predicted octanol–water partition coefficient (Wildman–Crippen LogP) is 1.96. The van der Waals surface area contributed by atoms with Crippen molar-refractivity contribution >= 4 is 11.8 Å². The fraction of sp³-hybridized carbons (Fsp3) is 0.167. The zero-order chi connectivity index (χ0) is 13.8. The summed E-state index contributed by atoms with van der Waals surface area (Å²) in [7, 11) is 0. The SMILES string of the molecule is Cc1cc(NCc2ccc(F)cc2F)nc(NN)n1. The number of hydrazine groups is 1. The van der Waals surface area contributed by atoms with Gasteiger partial charge < -0.3 is 5.32 Å². The average Bonchev–Trinajstić information content (AvgIpc) is 2.37. The van der Waals surface area contributed by atoms with Crippen LogP contribution < -0.4 is 16.6 Å². The Labute approximate surface area is 108 Å². The van der Waals surface area contributed by atoms with Gasteiger partial charge in [-0.3, -0.25) is 5.43 Å². The van der Waals surface area contributed by atoms with Crippen LogP contribution in [-0.2, 0) is 6.54 Å². The minimum atomic E-state index is -0.603. The molecular weight excluding hydrogens is 252 g/mol. The number of aromatic nitrogens is 2. The molecule has 0 spiro atoms. The molecule has 1 aromatic heterocycles. The third kappa shape index (κ3) is 3.35. The Kier molecular flexibility index (Phi) is 3.86. The van der Waals surface area contributed by atoms with Crippen LogP contribution >= 0.6 is 0 Å². The molecule has 0 radical (unpaired) electrons. The van der Waals surface area contributed by atoms with Crippen LogP contribution in [-0.4, -0.2) is 9.97 Å². The summed E-state index contributed by atoms with van der Waals surface area (Å²) in [4.78, 5) is 8.09. The number of nitrogen functional groups attached to an aromatic ring is 1. The molecule has 100 valence electrons. The number of nitrogens with one attached hydrogen (secondary N) is 2. The number of anilines is 2. The molecule has 1 heterocycles. The fourth-order valence-electron chi connectivity index (χ4n) is 1.57. The monoisotopic (exact) mass is 265 g/mol. The lowest BCUT2D eigenvalue weighted by Crippen LogP contribution is -2.12. The zero-order valence-corrected chi connectivity index (χ0v) is 10.2. The van der Waals surface area contributed by atoms with Gasteiger partial charge in [0.05, 0.1) is 0 Å². The normalized spacial score (nSPS) is 10.3. The number of benzene rings is 1. The van der Waals surface area contributed by atoms with Gasteiger partial charge in [-0.1, -0.05) is 6.07 Å². The Morgan fingerprint density at radius 2 is 2.00 bits per heavy atom. The van der Waals surface area contributed by atoms with Crippen molar-refractivity contribution in [1.29, 1.82) is 0 Å². The van der Waals surface area contributed by atoms with E-state index in [1.165, 1.54) is 12.1 Å². The maximum atomic E-state index is 13.4. The number of nitrogens with zero attached hydrogens (tertiary/aromatic N) is 2. The summed E-state index contributed by atoms with van der Waals surface area (Å²) in [5.74, 6) is 4.80. The standard InChI is InChI=1S/C12H13F2N5/c1-7-4-11(18-12(17-7)19-15)16-6-8-2-3-9(13)5-10(8)14/h2-5H,6,15H2,1H3,(H2,16,17,18,19). The Morgan fingerprint density at radius 1 is 1.21 bits per heavy atom. The molecule has 0 saturated carbocycles. The summed E-state index contributed by atoms with van der Waals surface area (Å²) in [5, 5.41) is 2.93. The third-order valence-electron chi connectivity index (χ3n) is 2.46. The summed E-state index contributed by atoms with van der Waals surface area (Å²) >= 11 is 0. The number of aryl methyl sites for hydroxylation is 1. The Bertz CT molecular complexity index is 588. The van der Waals surface area contributed by atoms with Gasteiger partial charge in [-0.2, -0.15) is 4.98 Å². The molecule has 4 N–H and O–H groups in total. The summed E-state index contributed by atoms with van der Waals surface area (Å²) in [6, 6.07) is 5.13. The number of nitrogens with two attached hydrogens (primary N) is 1. The lowest BCUT2D eigenvalue weighted by Gasteiger charge is -2.08. The van der Waals surface area contributed by atoms with E-state index in [9.17, 15) is 8.78 Å². The minimum Gasteiger partial charge on any atom is -0.366 e. The molecule has 1 aromatic carbocycles. The van der Waals surface area contributed by atoms with E-state index in [2.05, 4.69) is 20.7 Å². The van der Waals surface area contributed by atoms with Crippen LogP contribution in [0.1, 0.15) is 11.3 Å². The molecular formula is C12H13F2N5. The molecule has 0 aliphatic carbocycles. The number of halogens is 2. The second-order valence-corrected chi connectivity index (χ2v) is 3.95. The molecule has 2 aromatic rings. The summed E-state index contributed by atoms with van der Waals surface area (Å²) in [6.07, 6.45) is 0. The van der Waals surface area contributed by atoms with Crippen LogP contribution in [0.4, 0.5) is 20.5 Å². The van der Waals surface area contributed by atoms with E-state index in [0.29, 0.717) is 17.1 Å². The van der Waals surface area contributed by atoms with Crippen molar-refractivity contribution in [1.82, 2.24) is 9.97 Å². The lowest BCUT2D eigenvalue weighted by molar-refractivity contribution is 0.574. The molecule has 0 aliphatic rings. The van der Waals surface area contributed by atoms with Gasteiger partial charge in [0.25, 0.3) is 0 Å². The Morgan fingerprint density at radius 3 is 2.68 bits per heavy atom. The predicted molar refractivity (Wildman–Crippen MR) is 68.3 cm³/mol. The zero-order valence-electron chi connectivity index (χ0n) is 10.2. The van der Waals surface area contributed by atoms with E-state index in [1.807, 2.05) is 0 Å². The first-order valence-corrected chi connectivity index (χ1v) is 5.58. The van der Waals surface area contributed by atoms with Crippen LogP contribution in [0.3, 0.4) is 0 Å². The summed E-state index contributed by atoms with van der Waals surface area (Å²) < 4.78 is 26.2. The molecule has 0 amide bonds. The van der Waals surface area contributed by atoms with E-state index in [-0.39, 0.29) is 12.5 Å². The van der Waals surface area contributed by atoms with E-state index < -0.39 is 11.6 Å². The molecule has 0 saturated heterocycles. The first kappa shape index (κ1) is 13.2. The lowest BCUT2D eigenvalue weighted by atomic mass is 10.2. The molecule has 7 heteroatoms. The molecule has 0 atom stereocenters. The fourth-order valence-corrected chi connectivity index (χ4v) is 1.57. The molecule has 0 unspecified atom stereocenters. The molecule has 0 bridgehead atoms. The number of rotatable bonds is 4. The van der Waals surface area contributed by atoms with Crippen molar-refractivity contribution in [2.24, 2.45) is 5.84 Å². The number of hydrogen-bond donors (Lipinski definition) is 3. The van der Waals surface area contributed by atoms with Gasteiger partial charge in [-0.15, -0.1) is 0 Å². The maximum Gasteiger partial charge on any atom is 0.239 e. The molecule has 2 rings (SSSR count). The Hall–Kier alpha value is -2.28. The van der Waals surface area contributed by atoms with Gasteiger partial charge in [0, 0.05) is 29.9 Å². The first-order valence-electron chi connectivity index (χ1n) is 5.58. The van der Waals surface area contributed by atoms with Crippen molar-refractivity contribution in [3.63, 3.8) is 0 Å². The largest absolute Gasteiger partial charge is 0.366 e. The maximum absolute atomic E-state index is 13.4. The van der Waals surface area contributed by atoms with Crippen LogP contribution in [0.25, 0.3) is 0 Å². The van der Waals surface area contributed by atoms with E-state index in [4.69, 9.17) is 5.84 Å². The highest BCUT2D eigenvalue weighted by molar-refractivity contribution is 5.42. The second kappa shape index (κ2) is 5.57. The third-order valence-corrected chi connectivity index (χ3v) is 2.46. The van der Waals surface area contributed by atoms with Gasteiger partial charge in [-0.05, 0) is 13.0 Å². The van der Waals surface area contributed by atoms with E-state index in [1.54, 1.807) is 13.0 Å². The van der Waals surface area contributed by atoms with Gasteiger partial charge in [0.15, 0.2) is 0 Å². The van der Waals surface area contributed by atoms with E-state index >= 15 is 0 Å². The van der Waals surface area contributed by atoms with Gasteiger partial charge in [0.1, 0.15) is 17.5 Å². The van der Waals surface area contributed by atoms with Gasteiger partial charge >= 0.3 is 0 Å². The molecule has 0 aliphatic heterocycles. The van der Waals surface area contributed by atoms with E-state index in [0.717, 1.165) is 6.07 Å². The average molecular weight is 265 g/mol. The van der Waals surface area contributed by atoms with Crippen molar-refractivity contribution in [3.8, 4) is 0 Å². The van der Waals surface area contributed by atoms with Crippen molar-refractivity contribution in [2.75, 3.05) is 10.7 Å². The topological polar surface area (TPSA) is 75.9 Å². The van der Waals surface area contributed by atoms with Gasteiger partial charge in [-0.25, -0.2) is 19.6 Å². The number of hydrogen-bond acceptors (Lipinski definition) is 5. The molecule has 19 heavy (non-hydrogen) atoms. The molecule has 0 fully saturated rings. The first-order chi connectivity index (χ1) is 9.08. The Balaban J connectivity index is 2.12. The quantitative estimate of drug-likeness (QED) is 0.582. The molecule has 5 nitrogen and oxygen atoms in total. The van der Waals surface area contributed by atoms with Crippen LogP contribution in [0, 0.1) is 18.6 Å². The minimum absolute atomic E-state index is 0.187. The van der Waals surface area contributed by atoms with Crippen LogP contribution in [0.15, 0.2) is 24.3 Å². The van der Waals surface area contributed by atoms with Gasteiger partial charge in [0.2, 0.25) is 5.95 Å². The summed E-state index contributed by atoms with van der Waals surface area (Å²) in [6.45, 7) is 1.97. The smallest absolute Gasteiger partial charge is 0.239 e. The van der Waals surface area contributed by atoms with Crippen molar-refractivity contribution < 1.29 is 8.78 Å². The second-order valence-electron chi connectivity index (χ2n) is 3.95. The highest BCUT2D eigenvalue weighted by Crippen LogP contribution is 2.13. The van der Waals surface area contributed by atoms with Crippen LogP contribution in [0.2, 0.25) is 0 Å². The highest BCUT2D eigenvalue weighted by atomic mass is 19.1. The highest BCUT2D eigenvalue weighted by Gasteiger charge is 2.05. The van der Waals surface area contributed by atoms with Crippen molar-refractivity contribution in [2.45, 2.75) is 13.5 Å². The van der Waals surface area contributed by atoms with Crippen LogP contribution in [0.5, 0.6) is 0 Å². The van der Waals surface area contributed by atoms with Crippen molar-refractivity contribution in [3.05, 3.63) is 47.2 Å².